The normalized spacial score (nSPS) is 15.0. The molecule has 0 radical (unpaired) electrons. The minimum atomic E-state index is -3.70. The van der Waals surface area contributed by atoms with Crippen molar-refractivity contribution in [1.82, 2.24) is 9.62 Å². The molecule has 35 heavy (non-hydrogen) atoms. The Hall–Kier alpha value is -3.19. The van der Waals surface area contributed by atoms with Gasteiger partial charge in [-0.25, -0.2) is 13.1 Å². The van der Waals surface area contributed by atoms with Crippen LogP contribution in [0.25, 0.3) is 10.8 Å². The van der Waals surface area contributed by atoms with E-state index in [0.717, 1.165) is 41.5 Å². The molecule has 0 spiro atoms. The van der Waals surface area contributed by atoms with Gasteiger partial charge in [0.1, 0.15) is 0 Å². The molecule has 5 rings (SSSR count). The molecule has 1 aliphatic rings. The lowest BCUT2D eigenvalue weighted by molar-refractivity contribution is 0.180. The van der Waals surface area contributed by atoms with Gasteiger partial charge in [0.2, 0.25) is 10.0 Å². The summed E-state index contributed by atoms with van der Waals surface area (Å²) in [6, 6.07) is 29.9. The first-order chi connectivity index (χ1) is 16.9. The van der Waals surface area contributed by atoms with Crippen molar-refractivity contribution in [2.24, 2.45) is 0 Å². The highest BCUT2D eigenvalue weighted by atomic mass is 32.2. The van der Waals surface area contributed by atoms with Crippen LogP contribution in [0.5, 0.6) is 0 Å². The van der Waals surface area contributed by atoms with E-state index in [0.29, 0.717) is 11.4 Å². The van der Waals surface area contributed by atoms with Gasteiger partial charge in [-0.05, 0) is 46.7 Å². The Balaban J connectivity index is 1.45. The SMILES string of the molecule is CN(C)c1ccc(C(CNS(=O)(=O)c2cccc3ccccc23)N2CCc3ccccc3C2)cc1. The first kappa shape index (κ1) is 23.5. The molecule has 6 heteroatoms. The van der Waals surface area contributed by atoms with Gasteiger partial charge >= 0.3 is 0 Å². The molecule has 0 aromatic heterocycles. The molecular formula is C29H31N3O2S. The third-order valence-electron chi connectivity index (χ3n) is 6.90. The van der Waals surface area contributed by atoms with E-state index in [1.54, 1.807) is 12.1 Å². The van der Waals surface area contributed by atoms with E-state index in [1.807, 2.05) is 44.4 Å². The molecule has 1 unspecified atom stereocenters. The van der Waals surface area contributed by atoms with Crippen LogP contribution in [0.15, 0.2) is 95.9 Å². The van der Waals surface area contributed by atoms with Crippen molar-refractivity contribution in [3.63, 3.8) is 0 Å². The van der Waals surface area contributed by atoms with Gasteiger partial charge in [0.15, 0.2) is 0 Å². The first-order valence-electron chi connectivity index (χ1n) is 12.0. The minimum absolute atomic E-state index is 0.0793. The van der Waals surface area contributed by atoms with E-state index in [9.17, 15) is 8.42 Å². The van der Waals surface area contributed by atoms with Crippen molar-refractivity contribution >= 4 is 26.5 Å². The first-order valence-corrected chi connectivity index (χ1v) is 13.5. The monoisotopic (exact) mass is 485 g/mol. The van der Waals surface area contributed by atoms with Crippen molar-refractivity contribution < 1.29 is 8.42 Å². The van der Waals surface area contributed by atoms with Crippen molar-refractivity contribution in [1.29, 1.82) is 0 Å². The van der Waals surface area contributed by atoms with Crippen molar-refractivity contribution in [3.8, 4) is 0 Å². The number of hydrogen-bond donors (Lipinski definition) is 1. The second kappa shape index (κ2) is 9.82. The predicted octanol–water partition coefficient (Wildman–Crippen LogP) is 4.98. The van der Waals surface area contributed by atoms with Crippen LogP contribution in [0.1, 0.15) is 22.7 Å². The molecule has 0 bridgehead atoms. The van der Waals surface area contributed by atoms with E-state index < -0.39 is 10.0 Å². The van der Waals surface area contributed by atoms with E-state index >= 15 is 0 Å². The van der Waals surface area contributed by atoms with Crippen LogP contribution in [-0.4, -0.2) is 40.5 Å². The molecule has 0 amide bonds. The number of nitrogens with one attached hydrogen (secondary N) is 1. The summed E-state index contributed by atoms with van der Waals surface area (Å²) >= 11 is 0. The van der Waals surface area contributed by atoms with Gasteiger partial charge in [0, 0.05) is 50.8 Å². The molecule has 0 aliphatic carbocycles. The number of hydrogen-bond acceptors (Lipinski definition) is 4. The highest BCUT2D eigenvalue weighted by Crippen LogP contribution is 2.30. The van der Waals surface area contributed by atoms with Crippen molar-refractivity contribution in [2.45, 2.75) is 23.9 Å². The molecule has 4 aromatic rings. The summed E-state index contributed by atoms with van der Waals surface area (Å²) in [6.07, 6.45) is 0.957. The predicted molar refractivity (Wildman–Crippen MR) is 143 cm³/mol. The van der Waals surface area contributed by atoms with Crippen LogP contribution in [0.2, 0.25) is 0 Å². The highest BCUT2D eigenvalue weighted by molar-refractivity contribution is 7.89. The number of nitrogens with zero attached hydrogens (tertiary/aromatic N) is 2. The molecule has 180 valence electrons. The molecule has 1 atom stereocenters. The van der Waals surface area contributed by atoms with Gasteiger partial charge in [-0.15, -0.1) is 0 Å². The lowest BCUT2D eigenvalue weighted by Crippen LogP contribution is -2.40. The summed E-state index contributed by atoms with van der Waals surface area (Å²) in [5, 5.41) is 1.65. The van der Waals surface area contributed by atoms with Gasteiger partial charge in [0.05, 0.1) is 4.90 Å². The van der Waals surface area contributed by atoms with Gasteiger partial charge < -0.3 is 4.90 Å². The second-order valence-electron chi connectivity index (χ2n) is 9.32. The van der Waals surface area contributed by atoms with Gasteiger partial charge in [-0.3, -0.25) is 4.90 Å². The largest absolute Gasteiger partial charge is 0.378 e. The molecule has 0 saturated heterocycles. The summed E-state index contributed by atoms with van der Waals surface area (Å²) < 4.78 is 29.9. The van der Waals surface area contributed by atoms with Gasteiger partial charge in [0.25, 0.3) is 0 Å². The summed E-state index contributed by atoms with van der Waals surface area (Å²) in [4.78, 5) is 4.78. The van der Waals surface area contributed by atoms with Crippen LogP contribution in [0.4, 0.5) is 5.69 Å². The number of anilines is 1. The number of sulfonamides is 1. The zero-order valence-electron chi connectivity index (χ0n) is 20.2. The maximum Gasteiger partial charge on any atom is 0.241 e. The van der Waals surface area contributed by atoms with E-state index in [-0.39, 0.29) is 6.04 Å². The molecule has 0 saturated carbocycles. The lowest BCUT2D eigenvalue weighted by atomic mass is 9.96. The zero-order valence-corrected chi connectivity index (χ0v) is 21.0. The number of benzene rings is 4. The summed E-state index contributed by atoms with van der Waals surface area (Å²) in [5.74, 6) is 0. The summed E-state index contributed by atoms with van der Waals surface area (Å²) in [5.41, 5.74) is 4.91. The summed E-state index contributed by atoms with van der Waals surface area (Å²) in [6.45, 7) is 1.98. The third-order valence-corrected chi connectivity index (χ3v) is 8.38. The minimum Gasteiger partial charge on any atom is -0.378 e. The average Bonchev–Trinajstić information content (AvgIpc) is 2.88. The smallest absolute Gasteiger partial charge is 0.241 e. The van der Waals surface area contributed by atoms with Crippen LogP contribution in [0.3, 0.4) is 0 Å². The van der Waals surface area contributed by atoms with Crippen LogP contribution < -0.4 is 9.62 Å². The molecule has 4 aromatic carbocycles. The Kier molecular flexibility index (Phi) is 6.60. The Morgan fingerprint density at radius 3 is 2.31 bits per heavy atom. The number of rotatable bonds is 7. The molecule has 1 aliphatic heterocycles. The molecule has 1 heterocycles. The summed E-state index contributed by atoms with van der Waals surface area (Å²) in [7, 11) is 0.345. The highest BCUT2D eigenvalue weighted by Gasteiger charge is 2.27. The maximum absolute atomic E-state index is 13.5. The molecular weight excluding hydrogens is 454 g/mol. The lowest BCUT2D eigenvalue weighted by Gasteiger charge is -2.36. The van der Waals surface area contributed by atoms with Gasteiger partial charge in [-0.1, -0.05) is 72.8 Å². The fourth-order valence-electron chi connectivity index (χ4n) is 4.93. The fourth-order valence-corrected chi connectivity index (χ4v) is 6.20. The third kappa shape index (κ3) is 4.96. The van der Waals surface area contributed by atoms with E-state index in [4.69, 9.17) is 0 Å². The average molecular weight is 486 g/mol. The van der Waals surface area contributed by atoms with E-state index in [2.05, 4.69) is 63.1 Å². The van der Waals surface area contributed by atoms with Crippen molar-refractivity contribution in [2.75, 3.05) is 32.1 Å². The second-order valence-corrected chi connectivity index (χ2v) is 11.1. The standard InChI is InChI=1S/C29H31N3O2S/c1-31(2)26-16-14-24(15-17-26)28(32-19-18-22-8-3-4-10-25(22)21-32)20-30-35(33,34)29-13-7-11-23-9-5-6-12-27(23)29/h3-17,28,30H,18-21H2,1-2H3. The maximum atomic E-state index is 13.5. The van der Waals surface area contributed by atoms with E-state index in [1.165, 1.54) is 11.1 Å². The fraction of sp³-hybridized carbons (Fsp3) is 0.241. The molecule has 0 fully saturated rings. The Labute approximate surface area is 208 Å². The topological polar surface area (TPSA) is 52.7 Å². The zero-order chi connectivity index (χ0) is 24.4. The quantitative estimate of drug-likeness (QED) is 0.401. The van der Waals surface area contributed by atoms with Crippen LogP contribution in [-0.2, 0) is 23.0 Å². The van der Waals surface area contributed by atoms with Gasteiger partial charge in [-0.2, -0.15) is 0 Å². The number of fused-ring (bicyclic) bond motifs is 2. The van der Waals surface area contributed by atoms with Crippen LogP contribution in [0, 0.1) is 0 Å². The van der Waals surface area contributed by atoms with Crippen LogP contribution >= 0.6 is 0 Å². The Morgan fingerprint density at radius 1 is 0.857 bits per heavy atom. The Morgan fingerprint density at radius 2 is 1.54 bits per heavy atom. The Bertz CT molecular complexity index is 1430. The molecule has 1 N–H and O–H groups in total. The van der Waals surface area contributed by atoms with Crippen molar-refractivity contribution in [3.05, 3.63) is 108 Å². The molecule has 5 nitrogen and oxygen atoms in total.